The van der Waals surface area contributed by atoms with Crippen LogP contribution in [0.25, 0.3) is 22.3 Å². The Kier molecular flexibility index (Phi) is 4.86. The van der Waals surface area contributed by atoms with Gasteiger partial charge in [-0.3, -0.25) is 0 Å². The van der Waals surface area contributed by atoms with Crippen LogP contribution in [0, 0.1) is 13.8 Å². The first-order valence-corrected chi connectivity index (χ1v) is 19.6. The number of fused-ring (bicyclic) bond motifs is 12. The Bertz CT molecular complexity index is 2700. The van der Waals surface area contributed by atoms with Gasteiger partial charge in [-0.05, 0) is 88.2 Å². The van der Waals surface area contributed by atoms with E-state index in [2.05, 4.69) is 145 Å². The number of rotatable bonds is 0. The lowest BCUT2D eigenvalue weighted by atomic mass is 9.69. The summed E-state index contributed by atoms with van der Waals surface area (Å²) in [6, 6.07) is 32.2. The van der Waals surface area contributed by atoms with Gasteiger partial charge < -0.3 is 14.4 Å². The van der Waals surface area contributed by atoms with E-state index in [9.17, 15) is 0 Å². The average Bonchev–Trinajstić information content (AvgIpc) is 3.47. The normalized spacial score (nSPS) is 19.5. The highest BCUT2D eigenvalue weighted by atomic mass is 31.1. The predicted molar refractivity (Wildman–Crippen MR) is 210 cm³/mol. The molecular weight excluding hydrogens is 641 g/mol. The van der Waals surface area contributed by atoms with E-state index in [1.165, 1.54) is 94.2 Å². The zero-order chi connectivity index (χ0) is 34.7. The zero-order valence-electron chi connectivity index (χ0n) is 30.3. The minimum Gasteiger partial charge on any atom is -0.455 e. The quantitative estimate of drug-likeness (QED) is 0.149. The summed E-state index contributed by atoms with van der Waals surface area (Å²) in [7, 11) is -1.01. The van der Waals surface area contributed by atoms with E-state index in [1.807, 2.05) is 0 Å². The van der Waals surface area contributed by atoms with Crippen molar-refractivity contribution in [2.45, 2.75) is 71.6 Å². The van der Waals surface area contributed by atoms with Crippen molar-refractivity contribution in [3.8, 4) is 45.3 Å². The van der Waals surface area contributed by atoms with E-state index < -0.39 is 7.92 Å². The monoisotopic (exact) mass is 679 g/mol. The van der Waals surface area contributed by atoms with Crippen LogP contribution in [-0.2, 0) is 16.2 Å². The third-order valence-corrected chi connectivity index (χ3v) is 15.7. The molecule has 6 aromatic rings. The fourth-order valence-corrected chi connectivity index (χ4v) is 13.8. The van der Waals surface area contributed by atoms with Crippen LogP contribution >= 0.6 is 7.92 Å². The van der Waals surface area contributed by atoms with E-state index in [1.54, 1.807) is 0 Å². The maximum atomic E-state index is 7.38. The molecule has 0 amide bonds. The second-order valence-electron chi connectivity index (χ2n) is 17.1. The van der Waals surface area contributed by atoms with Crippen molar-refractivity contribution < 1.29 is 9.47 Å². The Morgan fingerprint density at radius 2 is 1.12 bits per heavy atom. The van der Waals surface area contributed by atoms with Gasteiger partial charge in [-0.25, -0.2) is 0 Å². The number of hydrogen-bond acceptors (Lipinski definition) is 3. The first kappa shape index (κ1) is 28.8. The predicted octanol–water partition coefficient (Wildman–Crippen LogP) is 11.3. The highest BCUT2D eigenvalue weighted by molar-refractivity contribution is 7.81. The van der Waals surface area contributed by atoms with Crippen LogP contribution in [0.3, 0.4) is 0 Å². The molecule has 1 atom stereocenters. The van der Waals surface area contributed by atoms with Crippen molar-refractivity contribution >= 4 is 40.9 Å². The van der Waals surface area contributed by atoms with Gasteiger partial charge in [-0.2, -0.15) is 0 Å². The molecular formula is C47H38NO2P. The smallest absolute Gasteiger partial charge is 0.142 e. The maximum Gasteiger partial charge on any atom is 0.142 e. The number of benzene rings is 6. The molecule has 4 aliphatic heterocycles. The van der Waals surface area contributed by atoms with Gasteiger partial charge in [0.1, 0.15) is 23.0 Å². The molecule has 0 saturated heterocycles. The summed E-state index contributed by atoms with van der Waals surface area (Å²) in [6.45, 7) is 18.9. The lowest BCUT2D eigenvalue weighted by Crippen LogP contribution is -2.45. The zero-order valence-corrected chi connectivity index (χ0v) is 31.2. The summed E-state index contributed by atoms with van der Waals surface area (Å²) < 4.78 is 14.7. The molecule has 3 nitrogen and oxygen atoms in total. The second kappa shape index (κ2) is 8.60. The number of ether oxygens (including phenoxy) is 2. The third-order valence-electron chi connectivity index (χ3n) is 13.1. The average molecular weight is 680 g/mol. The molecule has 0 fully saturated rings. The van der Waals surface area contributed by atoms with Gasteiger partial charge in [-0.1, -0.05) is 108 Å². The van der Waals surface area contributed by atoms with Crippen molar-refractivity contribution in [2.75, 3.05) is 4.90 Å². The van der Waals surface area contributed by atoms with Gasteiger partial charge in [0.15, 0.2) is 0 Å². The largest absolute Gasteiger partial charge is 0.455 e. The van der Waals surface area contributed by atoms with Crippen molar-refractivity contribution in [1.82, 2.24) is 0 Å². The molecule has 0 radical (unpaired) electrons. The van der Waals surface area contributed by atoms with Crippen LogP contribution < -0.4 is 30.3 Å². The summed E-state index contributed by atoms with van der Waals surface area (Å²) in [5, 5.41) is 3.93. The summed E-state index contributed by atoms with van der Waals surface area (Å²) >= 11 is 0. The first-order chi connectivity index (χ1) is 24.4. The second-order valence-corrected chi connectivity index (χ2v) is 19.1. The Labute approximate surface area is 300 Å². The number of nitrogens with zero attached hydrogens (tertiary/aromatic N) is 1. The molecule has 0 N–H and O–H groups in total. The lowest BCUT2D eigenvalue weighted by molar-refractivity contribution is 0.449. The standard InChI is InChI=1S/C47H38NO2P/c1-23-17-18-31-30(19-23)47(7,8)37-35-26-14-10-12-16-29(26)46(5,6)38(35)41-44-39(37)48(31)32-22-27-25-13-9-11-15-28(25)45(3,4)36(27)40-42(32)51(44)43-33(49-40)20-24(2)21-34(43)50-41/h9-22H,1-8H3. The molecule has 0 aromatic heterocycles. The minimum absolute atomic E-state index is 0.211. The molecule has 0 saturated carbocycles. The molecule has 0 spiro atoms. The van der Waals surface area contributed by atoms with Crippen LogP contribution in [0.2, 0.25) is 0 Å². The highest BCUT2D eigenvalue weighted by Gasteiger charge is 2.56. The van der Waals surface area contributed by atoms with E-state index in [4.69, 9.17) is 9.47 Å². The number of aryl methyl sites for hydroxylation is 2. The van der Waals surface area contributed by atoms with Gasteiger partial charge in [-0.15, -0.1) is 0 Å². The molecule has 248 valence electrons. The topological polar surface area (TPSA) is 21.7 Å². The third kappa shape index (κ3) is 3.05. The van der Waals surface area contributed by atoms with Crippen molar-refractivity contribution in [1.29, 1.82) is 0 Å². The van der Waals surface area contributed by atoms with Gasteiger partial charge in [0.25, 0.3) is 0 Å². The molecule has 6 aliphatic rings. The van der Waals surface area contributed by atoms with Gasteiger partial charge in [0, 0.05) is 35.3 Å². The number of anilines is 3. The fraction of sp³-hybridized carbons (Fsp3) is 0.234. The molecule has 4 heterocycles. The van der Waals surface area contributed by atoms with E-state index in [0.29, 0.717) is 0 Å². The molecule has 6 aromatic carbocycles. The minimum atomic E-state index is -1.01. The SMILES string of the molecule is Cc1cc2c3c(c1)Oc1c4c5c(c6c1C(C)(C)c1ccccc1-6)C(C)(C)c1cc(C)ccc1N5c1cc5c(c(c1P34)O2)C(C)(C)c1ccccc1-5. The highest BCUT2D eigenvalue weighted by Crippen LogP contribution is 2.71. The van der Waals surface area contributed by atoms with E-state index in [-0.39, 0.29) is 16.2 Å². The van der Waals surface area contributed by atoms with Gasteiger partial charge in [0.05, 0.1) is 33.0 Å². The Balaban J connectivity index is 1.33. The molecule has 12 rings (SSSR count). The van der Waals surface area contributed by atoms with Crippen molar-refractivity contribution in [3.63, 3.8) is 0 Å². The molecule has 51 heavy (non-hydrogen) atoms. The molecule has 4 heteroatoms. The summed E-state index contributed by atoms with van der Waals surface area (Å²) in [5.74, 6) is 4.03. The number of hydrogen-bond donors (Lipinski definition) is 0. The van der Waals surface area contributed by atoms with Gasteiger partial charge in [0.2, 0.25) is 0 Å². The Morgan fingerprint density at radius 3 is 1.84 bits per heavy atom. The van der Waals surface area contributed by atoms with E-state index >= 15 is 0 Å². The first-order valence-electron chi connectivity index (χ1n) is 18.3. The Morgan fingerprint density at radius 1 is 0.510 bits per heavy atom. The van der Waals surface area contributed by atoms with Crippen molar-refractivity contribution in [2.24, 2.45) is 0 Å². The summed E-state index contributed by atoms with van der Waals surface area (Å²) in [5.41, 5.74) is 19.1. The molecule has 2 aliphatic carbocycles. The van der Waals surface area contributed by atoms with Gasteiger partial charge >= 0.3 is 0 Å². The molecule has 0 bridgehead atoms. The summed E-state index contributed by atoms with van der Waals surface area (Å²) in [4.78, 5) is 2.63. The lowest BCUT2D eigenvalue weighted by Gasteiger charge is -2.51. The van der Waals surface area contributed by atoms with Crippen LogP contribution in [0.1, 0.15) is 86.1 Å². The fourth-order valence-electron chi connectivity index (χ4n) is 10.9. The van der Waals surface area contributed by atoms with Crippen LogP contribution in [-0.4, -0.2) is 0 Å². The van der Waals surface area contributed by atoms with Crippen LogP contribution in [0.5, 0.6) is 23.0 Å². The van der Waals surface area contributed by atoms with Crippen LogP contribution in [0.15, 0.2) is 84.9 Å². The Hall–Kier alpha value is -4.85. The van der Waals surface area contributed by atoms with Crippen LogP contribution in [0.4, 0.5) is 17.1 Å². The van der Waals surface area contributed by atoms with E-state index in [0.717, 1.165) is 28.6 Å². The maximum absolute atomic E-state index is 7.38. The molecule has 1 unspecified atom stereocenters. The van der Waals surface area contributed by atoms with Crippen molar-refractivity contribution in [3.05, 3.63) is 129 Å². The summed E-state index contributed by atoms with van der Waals surface area (Å²) in [6.07, 6.45) is 0.